The van der Waals surface area contributed by atoms with Crippen LogP contribution in [0.2, 0.25) is 0 Å². The highest BCUT2D eigenvalue weighted by molar-refractivity contribution is 5.89. The quantitative estimate of drug-likeness (QED) is 0.804. The number of piperidine rings is 1. The lowest BCUT2D eigenvalue weighted by atomic mass is 9.86. The Bertz CT molecular complexity index is 909. The number of carboxylic acid groups (broad SMARTS) is 1. The first kappa shape index (κ1) is 21.7. The Morgan fingerprint density at radius 3 is 2.10 bits per heavy atom. The number of nitrogens with zero attached hydrogens (tertiary/aromatic N) is 2. The van der Waals surface area contributed by atoms with E-state index in [0.29, 0.717) is 25.1 Å². The van der Waals surface area contributed by atoms with E-state index in [0.717, 1.165) is 17.7 Å². The average molecular weight is 420 g/mol. The number of likely N-dealkylation sites (N-methyl/N-ethyl adjacent to an activating group) is 1. The van der Waals surface area contributed by atoms with E-state index in [1.54, 1.807) is 26.2 Å². The summed E-state index contributed by atoms with van der Waals surface area (Å²) in [5, 5.41) is 9.11. The number of aromatic carboxylic acids is 1. The second-order valence-corrected chi connectivity index (χ2v) is 7.65. The van der Waals surface area contributed by atoms with Crippen molar-refractivity contribution in [1.82, 2.24) is 4.90 Å². The van der Waals surface area contributed by atoms with Gasteiger partial charge < -0.3 is 14.9 Å². The van der Waals surface area contributed by atoms with Crippen LogP contribution >= 0.6 is 0 Å². The Hall–Kier alpha value is -3.03. The molecule has 160 valence electrons. The molecule has 0 aromatic heterocycles. The van der Waals surface area contributed by atoms with Crippen molar-refractivity contribution in [2.45, 2.75) is 31.0 Å². The Kier molecular flexibility index (Phi) is 6.05. The predicted molar refractivity (Wildman–Crippen MR) is 107 cm³/mol. The van der Waals surface area contributed by atoms with E-state index >= 15 is 0 Å². The molecular formula is C22H23F3N2O3. The van der Waals surface area contributed by atoms with Crippen molar-refractivity contribution >= 4 is 17.6 Å². The normalized spacial score (nSPS) is 19.4. The summed E-state index contributed by atoms with van der Waals surface area (Å²) in [5.41, 5.74) is 0.942. The molecule has 5 nitrogen and oxygen atoms in total. The standard InChI is InChI=1S/C22H23F3N2O3/c1-26(2)20(28)19-12-7-16(14-3-8-17(9-4-14)22(23,24)25)13-27(19)18-10-5-15(6-11-18)21(29)30/h3-6,8-11,16,19H,7,12-13H2,1-2H3,(H,29,30)/t16?,19-/m0/s1. The third kappa shape index (κ3) is 4.58. The summed E-state index contributed by atoms with van der Waals surface area (Å²) >= 11 is 0. The first-order valence-electron chi connectivity index (χ1n) is 9.56. The van der Waals surface area contributed by atoms with Crippen molar-refractivity contribution in [2.75, 3.05) is 25.5 Å². The van der Waals surface area contributed by atoms with Gasteiger partial charge in [0, 0.05) is 32.2 Å². The summed E-state index contributed by atoms with van der Waals surface area (Å²) < 4.78 is 38.6. The molecule has 1 unspecified atom stereocenters. The average Bonchev–Trinajstić information content (AvgIpc) is 2.72. The molecule has 8 heteroatoms. The number of hydrogen-bond acceptors (Lipinski definition) is 3. The number of hydrogen-bond donors (Lipinski definition) is 1. The maximum atomic E-state index is 12.9. The van der Waals surface area contributed by atoms with E-state index in [-0.39, 0.29) is 17.4 Å². The fourth-order valence-electron chi connectivity index (χ4n) is 3.82. The van der Waals surface area contributed by atoms with Gasteiger partial charge in [0.25, 0.3) is 0 Å². The van der Waals surface area contributed by atoms with Crippen LogP contribution in [0, 0.1) is 0 Å². The van der Waals surface area contributed by atoms with Crippen LogP contribution < -0.4 is 4.90 Å². The smallest absolute Gasteiger partial charge is 0.416 e. The van der Waals surface area contributed by atoms with Gasteiger partial charge in [0.15, 0.2) is 0 Å². The molecule has 1 aliphatic heterocycles. The summed E-state index contributed by atoms with van der Waals surface area (Å²) in [6.45, 7) is 0.446. The van der Waals surface area contributed by atoms with Crippen molar-refractivity contribution in [3.63, 3.8) is 0 Å². The summed E-state index contributed by atoms with van der Waals surface area (Å²) in [6, 6.07) is 11.0. The fraction of sp³-hybridized carbons (Fsp3) is 0.364. The molecule has 3 rings (SSSR count). The predicted octanol–water partition coefficient (Wildman–Crippen LogP) is 4.24. The fourth-order valence-corrected chi connectivity index (χ4v) is 3.82. The molecule has 1 aliphatic rings. The topological polar surface area (TPSA) is 60.9 Å². The van der Waals surface area contributed by atoms with Crippen LogP contribution in [0.15, 0.2) is 48.5 Å². The third-order valence-electron chi connectivity index (χ3n) is 5.46. The molecule has 1 fully saturated rings. The van der Waals surface area contributed by atoms with Crippen LogP contribution in [-0.4, -0.2) is 48.6 Å². The lowest BCUT2D eigenvalue weighted by Crippen LogP contribution is -2.51. The summed E-state index contributed by atoms with van der Waals surface area (Å²) in [7, 11) is 3.35. The number of rotatable bonds is 4. The van der Waals surface area contributed by atoms with Crippen LogP contribution in [0.3, 0.4) is 0 Å². The van der Waals surface area contributed by atoms with Crippen molar-refractivity contribution in [2.24, 2.45) is 0 Å². The number of alkyl halides is 3. The summed E-state index contributed by atoms with van der Waals surface area (Å²) in [4.78, 5) is 27.3. The summed E-state index contributed by atoms with van der Waals surface area (Å²) in [5.74, 6) is -1.15. The van der Waals surface area contributed by atoms with Gasteiger partial charge in [-0.15, -0.1) is 0 Å². The molecule has 2 aromatic rings. The van der Waals surface area contributed by atoms with E-state index < -0.39 is 23.8 Å². The molecular weight excluding hydrogens is 397 g/mol. The first-order valence-corrected chi connectivity index (χ1v) is 9.56. The van der Waals surface area contributed by atoms with Gasteiger partial charge in [0.1, 0.15) is 6.04 Å². The molecule has 1 heterocycles. The van der Waals surface area contributed by atoms with E-state index in [1.165, 1.54) is 29.2 Å². The van der Waals surface area contributed by atoms with Gasteiger partial charge in [-0.3, -0.25) is 4.79 Å². The van der Waals surface area contributed by atoms with Gasteiger partial charge in [0.05, 0.1) is 11.1 Å². The number of halogens is 3. The van der Waals surface area contributed by atoms with Gasteiger partial charge in [-0.1, -0.05) is 12.1 Å². The minimum absolute atomic E-state index is 0.0438. The number of carbonyl (C=O) groups is 2. The molecule has 30 heavy (non-hydrogen) atoms. The van der Waals surface area contributed by atoms with Crippen LogP contribution in [0.5, 0.6) is 0 Å². The third-order valence-corrected chi connectivity index (χ3v) is 5.46. The second-order valence-electron chi connectivity index (χ2n) is 7.65. The van der Waals surface area contributed by atoms with Crippen molar-refractivity contribution in [1.29, 1.82) is 0 Å². The van der Waals surface area contributed by atoms with Crippen LogP contribution in [-0.2, 0) is 11.0 Å². The maximum Gasteiger partial charge on any atom is 0.416 e. The Morgan fingerprint density at radius 1 is 1.00 bits per heavy atom. The monoisotopic (exact) mass is 420 g/mol. The molecule has 0 radical (unpaired) electrons. The van der Waals surface area contributed by atoms with Crippen molar-refractivity contribution in [3.8, 4) is 0 Å². The SMILES string of the molecule is CN(C)C(=O)[C@@H]1CCC(c2ccc(C(F)(F)F)cc2)CN1c1ccc(C(=O)O)cc1. The van der Waals surface area contributed by atoms with Gasteiger partial charge in [-0.25, -0.2) is 4.79 Å². The van der Waals surface area contributed by atoms with Crippen molar-refractivity contribution in [3.05, 3.63) is 65.2 Å². The molecule has 1 N–H and O–H groups in total. The summed E-state index contributed by atoms with van der Waals surface area (Å²) in [6.07, 6.45) is -3.17. The number of carboxylic acids is 1. The Balaban J connectivity index is 1.89. The minimum atomic E-state index is -4.38. The van der Waals surface area contributed by atoms with Gasteiger partial charge >= 0.3 is 12.1 Å². The first-order chi connectivity index (χ1) is 14.1. The minimum Gasteiger partial charge on any atom is -0.478 e. The highest BCUT2D eigenvalue weighted by Crippen LogP contribution is 2.36. The van der Waals surface area contributed by atoms with Crippen LogP contribution in [0.1, 0.15) is 40.2 Å². The van der Waals surface area contributed by atoms with E-state index in [2.05, 4.69) is 0 Å². The second kappa shape index (κ2) is 8.38. The molecule has 0 saturated carbocycles. The van der Waals surface area contributed by atoms with E-state index in [9.17, 15) is 22.8 Å². The maximum absolute atomic E-state index is 12.9. The molecule has 2 aromatic carbocycles. The van der Waals surface area contributed by atoms with Gasteiger partial charge in [-0.05, 0) is 54.8 Å². The molecule has 1 amide bonds. The largest absolute Gasteiger partial charge is 0.478 e. The lowest BCUT2D eigenvalue weighted by molar-refractivity contribution is -0.137. The molecule has 2 atom stereocenters. The molecule has 0 bridgehead atoms. The molecule has 1 saturated heterocycles. The van der Waals surface area contributed by atoms with Crippen LogP contribution in [0.25, 0.3) is 0 Å². The molecule has 0 spiro atoms. The van der Waals surface area contributed by atoms with Gasteiger partial charge in [-0.2, -0.15) is 13.2 Å². The lowest BCUT2D eigenvalue weighted by Gasteiger charge is -2.41. The zero-order valence-electron chi connectivity index (χ0n) is 16.7. The Labute approximate surface area is 172 Å². The highest BCUT2D eigenvalue weighted by Gasteiger charge is 2.35. The zero-order chi connectivity index (χ0) is 22.1. The number of carbonyl (C=O) groups excluding carboxylic acids is 1. The number of benzene rings is 2. The number of anilines is 1. The van der Waals surface area contributed by atoms with Crippen molar-refractivity contribution < 1.29 is 27.9 Å². The zero-order valence-corrected chi connectivity index (χ0v) is 16.7. The van der Waals surface area contributed by atoms with E-state index in [1.807, 2.05) is 4.90 Å². The Morgan fingerprint density at radius 2 is 1.60 bits per heavy atom. The van der Waals surface area contributed by atoms with Crippen LogP contribution in [0.4, 0.5) is 18.9 Å². The van der Waals surface area contributed by atoms with E-state index in [4.69, 9.17) is 5.11 Å². The highest BCUT2D eigenvalue weighted by atomic mass is 19.4. The van der Waals surface area contributed by atoms with Gasteiger partial charge in [0.2, 0.25) is 5.91 Å². The number of amides is 1. The molecule has 0 aliphatic carbocycles.